The maximum atomic E-state index is 13.3. The number of hydrogen-bond donors (Lipinski definition) is 0. The average molecular weight is 364 g/mol. The molecule has 0 unspecified atom stereocenters. The van der Waals surface area contributed by atoms with E-state index in [9.17, 15) is 4.79 Å². The third-order valence-electron chi connectivity index (χ3n) is 4.69. The van der Waals surface area contributed by atoms with Gasteiger partial charge in [0.15, 0.2) is 0 Å². The van der Waals surface area contributed by atoms with Crippen molar-refractivity contribution in [3.05, 3.63) is 59.9 Å². The Bertz CT molecular complexity index is 899. The fourth-order valence-electron chi connectivity index (χ4n) is 3.29. The zero-order valence-electron chi connectivity index (χ0n) is 16.6. The highest BCUT2D eigenvalue weighted by atomic mass is 16.2. The first-order chi connectivity index (χ1) is 13.0. The molecule has 27 heavy (non-hydrogen) atoms. The van der Waals surface area contributed by atoms with Crippen LogP contribution in [0.25, 0.3) is 17.1 Å². The topological polar surface area (TPSA) is 43.1 Å². The molecule has 0 saturated carbocycles. The molecule has 2 heterocycles. The second kappa shape index (κ2) is 8.25. The summed E-state index contributed by atoms with van der Waals surface area (Å²) in [6, 6.07) is 14.0. The molecule has 5 nitrogen and oxygen atoms in total. The van der Waals surface area contributed by atoms with Gasteiger partial charge in [-0.25, -0.2) is 4.68 Å². The van der Waals surface area contributed by atoms with Gasteiger partial charge in [-0.15, -0.1) is 0 Å². The number of benzene rings is 1. The van der Waals surface area contributed by atoms with Crippen molar-refractivity contribution in [3.63, 3.8) is 0 Å². The molecule has 0 bridgehead atoms. The number of hydrogen-bond acceptors (Lipinski definition) is 2. The molecule has 0 aliphatic carbocycles. The van der Waals surface area contributed by atoms with Gasteiger partial charge in [0.1, 0.15) is 11.4 Å². The number of nitrogens with zero attached hydrogens (tertiary/aromatic N) is 4. The van der Waals surface area contributed by atoms with E-state index in [4.69, 9.17) is 5.10 Å². The van der Waals surface area contributed by atoms with Crippen LogP contribution < -0.4 is 0 Å². The lowest BCUT2D eigenvalue weighted by Crippen LogP contribution is -2.33. The van der Waals surface area contributed by atoms with E-state index in [1.54, 1.807) is 4.68 Å². The Hall–Kier alpha value is -2.82. The van der Waals surface area contributed by atoms with Gasteiger partial charge in [0, 0.05) is 26.3 Å². The Kier molecular flexibility index (Phi) is 5.79. The molecule has 5 heteroatoms. The zero-order chi connectivity index (χ0) is 19.4. The van der Waals surface area contributed by atoms with Crippen LogP contribution in [0.3, 0.4) is 0 Å². The minimum Gasteiger partial charge on any atom is -0.349 e. The van der Waals surface area contributed by atoms with Crippen molar-refractivity contribution in [1.82, 2.24) is 19.2 Å². The number of amides is 1. The van der Waals surface area contributed by atoms with Gasteiger partial charge in [-0.1, -0.05) is 31.5 Å². The Labute approximate surface area is 161 Å². The second-order valence-corrected chi connectivity index (χ2v) is 6.96. The molecule has 0 saturated heterocycles. The summed E-state index contributed by atoms with van der Waals surface area (Å²) in [7, 11) is 1.99. The fraction of sp³-hybridized carbons (Fsp3) is 0.364. The van der Waals surface area contributed by atoms with Crippen LogP contribution in [0.5, 0.6) is 0 Å². The van der Waals surface area contributed by atoms with Crippen molar-refractivity contribution < 1.29 is 4.79 Å². The van der Waals surface area contributed by atoms with Crippen LogP contribution in [0, 0.1) is 6.92 Å². The van der Waals surface area contributed by atoms with Crippen molar-refractivity contribution in [3.8, 4) is 17.1 Å². The van der Waals surface area contributed by atoms with E-state index in [-0.39, 0.29) is 5.91 Å². The van der Waals surface area contributed by atoms with Gasteiger partial charge < -0.3 is 9.47 Å². The Morgan fingerprint density at radius 2 is 1.74 bits per heavy atom. The van der Waals surface area contributed by atoms with Crippen molar-refractivity contribution in [2.75, 3.05) is 13.1 Å². The molecule has 0 spiro atoms. The predicted octanol–water partition coefficient (Wildman–Crippen LogP) is 4.45. The standard InChI is InChI=1S/C22H28N4O/c1-5-13-25(14-6-2)22(27)21-16-19(20-8-7-15-24(20)4)23-26(21)18-11-9-17(3)10-12-18/h7-12,15-16H,5-6,13-14H2,1-4H3. The monoisotopic (exact) mass is 364 g/mol. The molecular weight excluding hydrogens is 336 g/mol. The van der Waals surface area contributed by atoms with Crippen LogP contribution in [0.15, 0.2) is 48.7 Å². The first kappa shape index (κ1) is 19.0. The molecule has 0 fully saturated rings. The fourth-order valence-corrected chi connectivity index (χ4v) is 3.29. The number of carbonyl (C=O) groups is 1. The van der Waals surface area contributed by atoms with Crippen LogP contribution in [0.4, 0.5) is 0 Å². The zero-order valence-corrected chi connectivity index (χ0v) is 16.6. The van der Waals surface area contributed by atoms with E-state index in [2.05, 4.69) is 20.8 Å². The van der Waals surface area contributed by atoms with Gasteiger partial charge in [0.05, 0.1) is 11.4 Å². The van der Waals surface area contributed by atoms with Crippen LogP contribution in [-0.4, -0.2) is 38.2 Å². The van der Waals surface area contributed by atoms with E-state index < -0.39 is 0 Å². The first-order valence-electron chi connectivity index (χ1n) is 9.63. The minimum absolute atomic E-state index is 0.0345. The molecule has 3 aromatic rings. The Morgan fingerprint density at radius 3 is 2.30 bits per heavy atom. The lowest BCUT2D eigenvalue weighted by Gasteiger charge is -2.21. The summed E-state index contributed by atoms with van der Waals surface area (Å²) in [6.45, 7) is 7.76. The summed E-state index contributed by atoms with van der Waals surface area (Å²) in [6.07, 6.45) is 3.87. The van der Waals surface area contributed by atoms with Crippen molar-refractivity contribution >= 4 is 5.91 Å². The quantitative estimate of drug-likeness (QED) is 0.622. The molecule has 0 radical (unpaired) electrons. The average Bonchev–Trinajstić information content (AvgIpc) is 3.28. The van der Waals surface area contributed by atoms with Crippen LogP contribution in [-0.2, 0) is 7.05 Å². The van der Waals surface area contributed by atoms with E-state index in [0.717, 1.165) is 43.0 Å². The van der Waals surface area contributed by atoms with Crippen molar-refractivity contribution in [1.29, 1.82) is 0 Å². The smallest absolute Gasteiger partial charge is 0.272 e. The van der Waals surface area contributed by atoms with Crippen LogP contribution >= 0.6 is 0 Å². The molecule has 1 amide bonds. The van der Waals surface area contributed by atoms with Gasteiger partial charge in [0.25, 0.3) is 5.91 Å². The number of rotatable bonds is 7. The molecule has 0 atom stereocenters. The summed E-state index contributed by atoms with van der Waals surface area (Å²) < 4.78 is 3.80. The summed E-state index contributed by atoms with van der Waals surface area (Å²) >= 11 is 0. The van der Waals surface area contributed by atoms with Crippen LogP contribution in [0.1, 0.15) is 42.7 Å². The molecule has 1 aromatic carbocycles. The molecule has 0 N–H and O–H groups in total. The molecule has 0 aliphatic rings. The van der Waals surface area contributed by atoms with Gasteiger partial charge in [-0.05, 0) is 50.1 Å². The summed E-state index contributed by atoms with van der Waals surface area (Å²) in [5.74, 6) is 0.0345. The predicted molar refractivity (Wildman–Crippen MR) is 109 cm³/mol. The minimum atomic E-state index is 0.0345. The molecule has 3 rings (SSSR count). The second-order valence-electron chi connectivity index (χ2n) is 6.96. The molecule has 2 aromatic heterocycles. The van der Waals surface area contributed by atoms with Gasteiger partial charge in [-0.2, -0.15) is 5.10 Å². The van der Waals surface area contributed by atoms with Crippen molar-refractivity contribution in [2.24, 2.45) is 7.05 Å². The lowest BCUT2D eigenvalue weighted by atomic mass is 10.2. The summed E-state index contributed by atoms with van der Waals surface area (Å²) in [5, 5.41) is 4.79. The third kappa shape index (κ3) is 3.97. The van der Waals surface area contributed by atoms with E-state index in [1.165, 1.54) is 5.56 Å². The largest absolute Gasteiger partial charge is 0.349 e. The first-order valence-corrected chi connectivity index (χ1v) is 9.63. The van der Waals surface area contributed by atoms with Gasteiger partial charge >= 0.3 is 0 Å². The van der Waals surface area contributed by atoms with Gasteiger partial charge in [-0.3, -0.25) is 4.79 Å². The SMILES string of the molecule is CCCN(CCC)C(=O)c1cc(-c2cccn2C)nn1-c1ccc(C)cc1. The number of aryl methyl sites for hydroxylation is 2. The highest BCUT2D eigenvalue weighted by Gasteiger charge is 2.22. The molecule has 0 aliphatic heterocycles. The molecular formula is C22H28N4O. The number of carbonyl (C=O) groups excluding carboxylic acids is 1. The molecule has 142 valence electrons. The maximum absolute atomic E-state index is 13.3. The van der Waals surface area contributed by atoms with E-state index in [0.29, 0.717) is 5.69 Å². The van der Waals surface area contributed by atoms with Crippen LogP contribution in [0.2, 0.25) is 0 Å². The Morgan fingerprint density at radius 1 is 1.07 bits per heavy atom. The third-order valence-corrected chi connectivity index (χ3v) is 4.69. The van der Waals surface area contributed by atoms with E-state index in [1.807, 2.05) is 65.2 Å². The number of aromatic nitrogens is 3. The lowest BCUT2D eigenvalue weighted by molar-refractivity contribution is 0.0746. The maximum Gasteiger partial charge on any atom is 0.272 e. The van der Waals surface area contributed by atoms with E-state index >= 15 is 0 Å². The summed E-state index contributed by atoms with van der Waals surface area (Å²) in [4.78, 5) is 15.2. The normalized spacial score (nSPS) is 11.0. The highest BCUT2D eigenvalue weighted by molar-refractivity contribution is 5.94. The summed E-state index contributed by atoms with van der Waals surface area (Å²) in [5.41, 5.74) is 4.49. The van der Waals surface area contributed by atoms with Gasteiger partial charge in [0.2, 0.25) is 0 Å². The Balaban J connectivity index is 2.10. The highest BCUT2D eigenvalue weighted by Crippen LogP contribution is 2.23. The van der Waals surface area contributed by atoms with Crippen molar-refractivity contribution in [2.45, 2.75) is 33.6 Å².